The maximum atomic E-state index is 12.0. The minimum absolute atomic E-state index is 0.332. The molecule has 4 nitrogen and oxygen atoms in total. The molecule has 0 saturated carbocycles. The van der Waals surface area contributed by atoms with Crippen molar-refractivity contribution in [1.29, 1.82) is 0 Å². The number of carbonyl (C=O) groups is 2. The summed E-state index contributed by atoms with van der Waals surface area (Å²) in [5.74, 6) is -0.305. The summed E-state index contributed by atoms with van der Waals surface area (Å²) < 4.78 is 10.3. The molecule has 1 unspecified atom stereocenters. The summed E-state index contributed by atoms with van der Waals surface area (Å²) in [7, 11) is 0. The van der Waals surface area contributed by atoms with Gasteiger partial charge < -0.3 is 9.47 Å². The van der Waals surface area contributed by atoms with E-state index < -0.39 is 0 Å². The Morgan fingerprint density at radius 3 is 1.95 bits per heavy atom. The van der Waals surface area contributed by atoms with Gasteiger partial charge in [-0.25, -0.2) is 9.59 Å². The Morgan fingerprint density at radius 2 is 1.50 bits per heavy atom. The van der Waals surface area contributed by atoms with Crippen LogP contribution in [-0.2, 0) is 9.47 Å². The predicted molar refractivity (Wildman–Crippen MR) is 86.0 cm³/mol. The first-order chi connectivity index (χ1) is 10.6. The normalized spacial score (nSPS) is 11.8. The number of esters is 2. The Balaban J connectivity index is 2.53. The molecule has 0 aliphatic carbocycles. The van der Waals surface area contributed by atoms with Crippen molar-refractivity contribution in [1.82, 2.24) is 0 Å². The molecule has 0 N–H and O–H groups in total. The fraction of sp³-hybridized carbons (Fsp3) is 0.556. The molecular weight excluding hydrogens is 280 g/mol. The lowest BCUT2D eigenvalue weighted by molar-refractivity contribution is 0.0426. The number of hydrogen-bond donors (Lipinski definition) is 0. The van der Waals surface area contributed by atoms with Crippen LogP contribution in [0.1, 0.15) is 67.2 Å². The quantitative estimate of drug-likeness (QED) is 0.640. The lowest BCUT2D eigenvalue weighted by atomic mass is 10.0. The molecule has 0 aromatic heterocycles. The number of ether oxygens (including phenoxy) is 2. The second-order valence-electron chi connectivity index (χ2n) is 5.31. The summed E-state index contributed by atoms with van der Waals surface area (Å²) >= 11 is 0. The Hall–Kier alpha value is -1.84. The van der Waals surface area contributed by atoms with Crippen LogP contribution in [0.15, 0.2) is 24.3 Å². The lowest BCUT2D eigenvalue weighted by Gasteiger charge is -2.14. The van der Waals surface area contributed by atoms with E-state index >= 15 is 0 Å². The van der Waals surface area contributed by atoms with Gasteiger partial charge in [0, 0.05) is 0 Å². The van der Waals surface area contributed by atoms with E-state index in [0.29, 0.717) is 30.3 Å². The van der Waals surface area contributed by atoms with Crippen LogP contribution in [0, 0.1) is 5.92 Å². The summed E-state index contributed by atoms with van der Waals surface area (Å²) in [6, 6.07) is 6.37. The van der Waals surface area contributed by atoms with Gasteiger partial charge in [0.1, 0.15) is 0 Å². The van der Waals surface area contributed by atoms with Crippen LogP contribution in [0.25, 0.3) is 0 Å². The van der Waals surface area contributed by atoms with Crippen LogP contribution < -0.4 is 0 Å². The summed E-state index contributed by atoms with van der Waals surface area (Å²) in [6.07, 6.45) is 4.40. The fourth-order valence-corrected chi connectivity index (χ4v) is 2.13. The van der Waals surface area contributed by atoms with Gasteiger partial charge in [0.15, 0.2) is 0 Å². The van der Waals surface area contributed by atoms with Gasteiger partial charge in [0.25, 0.3) is 0 Å². The van der Waals surface area contributed by atoms with E-state index in [1.165, 1.54) is 0 Å². The maximum absolute atomic E-state index is 12.0. The smallest absolute Gasteiger partial charge is 0.338 e. The number of unbranched alkanes of at least 4 members (excludes halogenated alkanes) is 1. The molecule has 0 aliphatic rings. The third kappa shape index (κ3) is 5.88. The van der Waals surface area contributed by atoms with Crippen LogP contribution in [-0.4, -0.2) is 25.2 Å². The van der Waals surface area contributed by atoms with Crippen LogP contribution in [0.3, 0.4) is 0 Å². The Kier molecular flexibility index (Phi) is 8.26. The van der Waals surface area contributed by atoms with Gasteiger partial charge in [-0.05, 0) is 43.5 Å². The number of rotatable bonds is 9. The summed E-state index contributed by atoms with van der Waals surface area (Å²) in [5.41, 5.74) is 0.895. The van der Waals surface area contributed by atoms with Gasteiger partial charge in [0.2, 0.25) is 0 Å². The highest BCUT2D eigenvalue weighted by Crippen LogP contribution is 2.14. The first-order valence-corrected chi connectivity index (χ1v) is 8.06. The van der Waals surface area contributed by atoms with Crippen LogP contribution in [0.5, 0.6) is 0 Å². The van der Waals surface area contributed by atoms with E-state index in [-0.39, 0.29) is 11.9 Å². The molecule has 4 heteroatoms. The van der Waals surface area contributed by atoms with Crippen molar-refractivity contribution in [2.75, 3.05) is 13.2 Å². The first kappa shape index (κ1) is 18.2. The van der Waals surface area contributed by atoms with Crippen molar-refractivity contribution in [3.8, 4) is 0 Å². The number of carbonyl (C=O) groups excluding carboxylic acids is 2. The largest absolute Gasteiger partial charge is 0.462 e. The first-order valence-electron chi connectivity index (χ1n) is 8.06. The fourth-order valence-electron chi connectivity index (χ4n) is 2.13. The monoisotopic (exact) mass is 306 g/mol. The summed E-state index contributed by atoms with van der Waals surface area (Å²) in [4.78, 5) is 23.5. The summed E-state index contributed by atoms with van der Waals surface area (Å²) in [6.45, 7) is 6.81. The van der Waals surface area contributed by atoms with Gasteiger partial charge >= 0.3 is 11.9 Å². The van der Waals surface area contributed by atoms with E-state index in [4.69, 9.17) is 9.47 Å². The molecule has 1 atom stereocenters. The predicted octanol–water partition coefficient (Wildman–Crippen LogP) is 4.24. The van der Waals surface area contributed by atoms with E-state index in [1.54, 1.807) is 31.2 Å². The van der Waals surface area contributed by atoms with Crippen molar-refractivity contribution in [3.63, 3.8) is 0 Å². The van der Waals surface area contributed by atoms with Crippen molar-refractivity contribution in [2.45, 2.75) is 46.5 Å². The standard InChI is InChI=1S/C18H26O4/c1-4-7-8-14(5-2)13-22-18(20)16-11-9-15(10-12-16)17(19)21-6-3/h9-12,14H,4-8,13H2,1-3H3. The molecule has 1 aromatic rings. The molecule has 122 valence electrons. The topological polar surface area (TPSA) is 52.6 Å². The van der Waals surface area contributed by atoms with Crippen LogP contribution in [0.2, 0.25) is 0 Å². The second kappa shape index (κ2) is 9.98. The average molecular weight is 306 g/mol. The highest BCUT2D eigenvalue weighted by molar-refractivity contribution is 5.93. The zero-order valence-electron chi connectivity index (χ0n) is 13.8. The van der Waals surface area contributed by atoms with E-state index in [2.05, 4.69) is 13.8 Å². The Labute approximate surface area is 132 Å². The molecule has 22 heavy (non-hydrogen) atoms. The molecule has 0 bridgehead atoms. The highest BCUT2D eigenvalue weighted by atomic mass is 16.5. The minimum atomic E-state index is -0.381. The number of hydrogen-bond acceptors (Lipinski definition) is 4. The van der Waals surface area contributed by atoms with Crippen LogP contribution >= 0.6 is 0 Å². The van der Waals surface area contributed by atoms with Gasteiger partial charge in [0.05, 0.1) is 24.3 Å². The van der Waals surface area contributed by atoms with Crippen molar-refractivity contribution in [3.05, 3.63) is 35.4 Å². The Morgan fingerprint density at radius 1 is 0.955 bits per heavy atom. The minimum Gasteiger partial charge on any atom is -0.462 e. The molecule has 0 amide bonds. The molecule has 0 saturated heterocycles. The van der Waals surface area contributed by atoms with Crippen molar-refractivity contribution < 1.29 is 19.1 Å². The lowest BCUT2D eigenvalue weighted by Crippen LogP contribution is -2.14. The zero-order chi connectivity index (χ0) is 16.4. The molecule has 0 fully saturated rings. The molecular formula is C18H26O4. The van der Waals surface area contributed by atoms with E-state index in [9.17, 15) is 9.59 Å². The molecule has 0 heterocycles. The molecule has 0 aliphatic heterocycles. The van der Waals surface area contributed by atoms with Crippen molar-refractivity contribution >= 4 is 11.9 Å². The Bertz CT molecular complexity index is 464. The average Bonchev–Trinajstić information content (AvgIpc) is 2.55. The third-order valence-corrected chi connectivity index (χ3v) is 3.63. The highest BCUT2D eigenvalue weighted by Gasteiger charge is 2.13. The van der Waals surface area contributed by atoms with Crippen molar-refractivity contribution in [2.24, 2.45) is 5.92 Å². The molecule has 0 spiro atoms. The van der Waals surface area contributed by atoms with Crippen LogP contribution in [0.4, 0.5) is 0 Å². The number of benzene rings is 1. The SMILES string of the molecule is CCCCC(CC)COC(=O)c1ccc(C(=O)OCC)cc1. The molecule has 1 rings (SSSR count). The van der Waals surface area contributed by atoms with E-state index in [0.717, 1.165) is 25.7 Å². The molecule has 1 aromatic carbocycles. The van der Waals surface area contributed by atoms with Gasteiger partial charge in [-0.2, -0.15) is 0 Å². The third-order valence-electron chi connectivity index (χ3n) is 3.63. The maximum Gasteiger partial charge on any atom is 0.338 e. The molecule has 0 radical (unpaired) electrons. The second-order valence-corrected chi connectivity index (χ2v) is 5.31. The van der Waals surface area contributed by atoms with E-state index in [1.807, 2.05) is 0 Å². The van der Waals surface area contributed by atoms with Gasteiger partial charge in [-0.3, -0.25) is 0 Å². The summed E-state index contributed by atoms with van der Waals surface area (Å²) in [5, 5.41) is 0. The van der Waals surface area contributed by atoms with Gasteiger partial charge in [-0.1, -0.05) is 33.1 Å². The zero-order valence-corrected chi connectivity index (χ0v) is 13.8. The van der Waals surface area contributed by atoms with Gasteiger partial charge in [-0.15, -0.1) is 0 Å².